The van der Waals surface area contributed by atoms with Crippen LogP contribution in [0.2, 0.25) is 5.02 Å². The fraction of sp³-hybridized carbons (Fsp3) is 0.357. The fourth-order valence-corrected chi connectivity index (χ4v) is 2.25. The Labute approximate surface area is 126 Å². The lowest BCUT2D eigenvalue weighted by Gasteiger charge is -2.10. The van der Waals surface area contributed by atoms with E-state index in [9.17, 15) is 5.11 Å². The van der Waals surface area contributed by atoms with Crippen LogP contribution in [-0.2, 0) is 6.42 Å². The maximum absolute atomic E-state index is 10.2. The van der Waals surface area contributed by atoms with Crippen molar-refractivity contribution in [3.63, 3.8) is 0 Å². The summed E-state index contributed by atoms with van der Waals surface area (Å²) < 4.78 is 2.71. The molecular weight excluding hydrogens is 328 g/mol. The summed E-state index contributed by atoms with van der Waals surface area (Å²) in [6.45, 7) is 4.14. The molecule has 0 saturated heterocycles. The number of aliphatic hydroxyl groups excluding tert-OH is 1. The van der Waals surface area contributed by atoms with Gasteiger partial charge in [0.15, 0.2) is 0 Å². The minimum Gasteiger partial charge on any atom is -0.388 e. The zero-order valence-electron chi connectivity index (χ0n) is 10.8. The normalized spacial score (nSPS) is 12.9. The van der Waals surface area contributed by atoms with Gasteiger partial charge >= 0.3 is 0 Å². The molecule has 1 atom stereocenters. The summed E-state index contributed by atoms with van der Waals surface area (Å²) in [4.78, 5) is 0. The number of aliphatic hydroxyl groups is 1. The van der Waals surface area contributed by atoms with Crippen molar-refractivity contribution < 1.29 is 5.11 Å². The number of hydrogen-bond acceptors (Lipinski definition) is 2. The minimum absolute atomic E-state index is 0.327. The van der Waals surface area contributed by atoms with Crippen molar-refractivity contribution in [3.05, 3.63) is 51.2 Å². The van der Waals surface area contributed by atoms with Gasteiger partial charge in [-0.25, -0.2) is 0 Å². The van der Waals surface area contributed by atoms with Crippen molar-refractivity contribution in [2.24, 2.45) is 0 Å². The molecule has 102 valence electrons. The maximum atomic E-state index is 10.2. The molecular formula is C14H16BrClN2O. The zero-order chi connectivity index (χ0) is 14.0. The van der Waals surface area contributed by atoms with E-state index in [0.29, 0.717) is 17.5 Å². The molecule has 1 heterocycles. The molecule has 2 aromatic rings. The van der Waals surface area contributed by atoms with Crippen molar-refractivity contribution in [2.45, 2.75) is 32.4 Å². The first-order valence-corrected chi connectivity index (χ1v) is 7.31. The number of nitrogens with zero attached hydrogens (tertiary/aromatic N) is 2. The molecule has 0 bridgehead atoms. The monoisotopic (exact) mass is 342 g/mol. The van der Waals surface area contributed by atoms with Gasteiger partial charge in [0.1, 0.15) is 0 Å². The predicted octanol–water partition coefficient (Wildman–Crippen LogP) is 4.16. The molecule has 0 aliphatic rings. The summed E-state index contributed by atoms with van der Waals surface area (Å²) >= 11 is 9.36. The molecule has 0 aliphatic carbocycles. The van der Waals surface area contributed by atoms with Gasteiger partial charge in [0.25, 0.3) is 0 Å². The van der Waals surface area contributed by atoms with Crippen molar-refractivity contribution in [2.75, 3.05) is 0 Å². The molecule has 0 aliphatic heterocycles. The second-order valence-electron chi connectivity index (χ2n) is 4.77. The van der Waals surface area contributed by atoms with Gasteiger partial charge in [-0.05, 0) is 53.5 Å². The van der Waals surface area contributed by atoms with Crippen LogP contribution in [0.1, 0.15) is 37.3 Å². The van der Waals surface area contributed by atoms with Crippen molar-refractivity contribution in [1.29, 1.82) is 0 Å². The summed E-state index contributed by atoms with van der Waals surface area (Å²) in [6.07, 6.45) is 1.82. The first-order valence-electron chi connectivity index (χ1n) is 6.14. The SMILES string of the molecule is CC(C)n1ccc(CC(O)c2ccc(Br)c(Cl)c2)n1. The van der Waals surface area contributed by atoms with Gasteiger partial charge in [-0.15, -0.1) is 0 Å². The Kier molecular flexibility index (Phi) is 4.66. The van der Waals surface area contributed by atoms with Crippen molar-refractivity contribution >= 4 is 27.5 Å². The third kappa shape index (κ3) is 3.59. The topological polar surface area (TPSA) is 38.0 Å². The molecule has 5 heteroatoms. The van der Waals surface area contributed by atoms with E-state index < -0.39 is 6.10 Å². The summed E-state index contributed by atoms with van der Waals surface area (Å²) in [5.74, 6) is 0. The summed E-state index contributed by atoms with van der Waals surface area (Å²) in [6, 6.07) is 7.74. The Balaban J connectivity index is 2.11. The maximum Gasteiger partial charge on any atom is 0.0846 e. The van der Waals surface area contributed by atoms with Gasteiger partial charge in [-0.1, -0.05) is 17.7 Å². The highest BCUT2D eigenvalue weighted by molar-refractivity contribution is 9.10. The number of aromatic nitrogens is 2. The summed E-state index contributed by atoms with van der Waals surface area (Å²) in [5, 5.41) is 15.2. The van der Waals surface area contributed by atoms with Crippen molar-refractivity contribution in [3.8, 4) is 0 Å². The van der Waals surface area contributed by atoms with Crippen LogP contribution in [0.15, 0.2) is 34.9 Å². The third-order valence-corrected chi connectivity index (χ3v) is 4.16. The van der Waals surface area contributed by atoms with E-state index in [1.807, 2.05) is 29.1 Å². The van der Waals surface area contributed by atoms with Crippen LogP contribution in [0.25, 0.3) is 0 Å². The van der Waals surface area contributed by atoms with Crippen LogP contribution >= 0.6 is 27.5 Å². The average Bonchev–Trinajstić information content (AvgIpc) is 2.81. The van der Waals surface area contributed by atoms with Gasteiger partial charge in [-0.3, -0.25) is 4.68 Å². The first-order chi connectivity index (χ1) is 8.97. The zero-order valence-corrected chi connectivity index (χ0v) is 13.2. The minimum atomic E-state index is -0.596. The van der Waals surface area contributed by atoms with Gasteiger partial charge < -0.3 is 5.11 Å². The van der Waals surface area contributed by atoms with Gasteiger partial charge in [-0.2, -0.15) is 5.10 Å². The summed E-state index contributed by atoms with van der Waals surface area (Å²) in [7, 11) is 0. The van der Waals surface area contributed by atoms with E-state index in [0.717, 1.165) is 15.7 Å². The Morgan fingerprint density at radius 1 is 1.37 bits per heavy atom. The lowest BCUT2D eigenvalue weighted by molar-refractivity contribution is 0.177. The molecule has 0 saturated carbocycles. The Morgan fingerprint density at radius 3 is 2.68 bits per heavy atom. The highest BCUT2D eigenvalue weighted by Crippen LogP contribution is 2.27. The van der Waals surface area contributed by atoms with Crippen LogP contribution in [0.5, 0.6) is 0 Å². The molecule has 1 unspecified atom stereocenters. The quantitative estimate of drug-likeness (QED) is 0.905. The molecule has 0 amide bonds. The molecule has 1 aromatic carbocycles. The predicted molar refractivity (Wildman–Crippen MR) is 80.4 cm³/mol. The standard InChI is InChI=1S/C14H16BrClN2O/c1-9(2)18-6-5-11(17-18)8-14(19)10-3-4-12(15)13(16)7-10/h3-7,9,14,19H,8H2,1-2H3. The average molecular weight is 344 g/mol. The van der Waals surface area contributed by atoms with E-state index in [4.69, 9.17) is 11.6 Å². The molecule has 0 radical (unpaired) electrons. The Hall–Kier alpha value is -0.840. The van der Waals surface area contributed by atoms with Crippen LogP contribution in [0.4, 0.5) is 0 Å². The number of halogens is 2. The van der Waals surface area contributed by atoms with Crippen LogP contribution in [-0.4, -0.2) is 14.9 Å². The van der Waals surface area contributed by atoms with E-state index in [-0.39, 0.29) is 0 Å². The molecule has 1 aromatic heterocycles. The molecule has 0 fully saturated rings. The smallest absolute Gasteiger partial charge is 0.0846 e. The number of benzene rings is 1. The lowest BCUT2D eigenvalue weighted by atomic mass is 10.1. The van der Waals surface area contributed by atoms with E-state index in [1.54, 1.807) is 6.07 Å². The van der Waals surface area contributed by atoms with E-state index >= 15 is 0 Å². The van der Waals surface area contributed by atoms with Gasteiger partial charge in [0.05, 0.1) is 16.8 Å². The highest BCUT2D eigenvalue weighted by atomic mass is 79.9. The van der Waals surface area contributed by atoms with E-state index in [2.05, 4.69) is 34.9 Å². The molecule has 0 spiro atoms. The summed E-state index contributed by atoms with van der Waals surface area (Å²) in [5.41, 5.74) is 1.67. The van der Waals surface area contributed by atoms with E-state index in [1.165, 1.54) is 0 Å². The Morgan fingerprint density at radius 2 is 2.11 bits per heavy atom. The largest absolute Gasteiger partial charge is 0.388 e. The first kappa shape index (κ1) is 14.6. The second-order valence-corrected chi connectivity index (χ2v) is 6.04. The van der Waals surface area contributed by atoms with Crippen LogP contribution in [0.3, 0.4) is 0 Å². The van der Waals surface area contributed by atoms with Crippen LogP contribution in [0, 0.1) is 0 Å². The Bertz CT molecular complexity index is 568. The number of rotatable bonds is 4. The molecule has 2 rings (SSSR count). The third-order valence-electron chi connectivity index (χ3n) is 2.92. The number of hydrogen-bond donors (Lipinski definition) is 1. The van der Waals surface area contributed by atoms with Gasteiger partial charge in [0, 0.05) is 23.1 Å². The van der Waals surface area contributed by atoms with Crippen LogP contribution < -0.4 is 0 Å². The molecule has 3 nitrogen and oxygen atoms in total. The molecule has 19 heavy (non-hydrogen) atoms. The fourth-order valence-electron chi connectivity index (χ4n) is 1.81. The van der Waals surface area contributed by atoms with Crippen molar-refractivity contribution in [1.82, 2.24) is 9.78 Å². The van der Waals surface area contributed by atoms with Gasteiger partial charge in [0.2, 0.25) is 0 Å². The lowest BCUT2D eigenvalue weighted by Crippen LogP contribution is -2.05. The second kappa shape index (κ2) is 6.07. The molecule has 1 N–H and O–H groups in total. The highest BCUT2D eigenvalue weighted by Gasteiger charge is 2.12.